The van der Waals surface area contributed by atoms with Crippen molar-refractivity contribution >= 4 is 17.3 Å². The van der Waals surface area contributed by atoms with E-state index in [1.54, 1.807) is 25.3 Å². The summed E-state index contributed by atoms with van der Waals surface area (Å²) in [4.78, 5) is 11.2. The van der Waals surface area contributed by atoms with Crippen molar-refractivity contribution in [3.05, 3.63) is 23.8 Å². The van der Waals surface area contributed by atoms with Gasteiger partial charge in [0.15, 0.2) is 0 Å². The van der Waals surface area contributed by atoms with E-state index < -0.39 is 5.91 Å². The SMILES string of the molecule is COC(C)CNc1cc(N)ccc1C(N)=O. The lowest BCUT2D eigenvalue weighted by atomic mass is 10.1. The zero-order valence-electron chi connectivity index (χ0n) is 9.49. The fraction of sp³-hybridized carbons (Fsp3) is 0.364. The first-order valence-electron chi connectivity index (χ1n) is 5.00. The van der Waals surface area contributed by atoms with E-state index in [1.807, 2.05) is 6.92 Å². The first-order valence-corrected chi connectivity index (χ1v) is 5.00. The average Bonchev–Trinajstić information content (AvgIpc) is 2.25. The van der Waals surface area contributed by atoms with E-state index in [0.717, 1.165) is 0 Å². The first kappa shape index (κ1) is 12.3. The van der Waals surface area contributed by atoms with Crippen LogP contribution in [0.4, 0.5) is 11.4 Å². The molecule has 0 aliphatic rings. The molecule has 5 heteroatoms. The Labute approximate surface area is 94.8 Å². The lowest BCUT2D eigenvalue weighted by molar-refractivity contribution is 0.100. The Morgan fingerprint density at radius 2 is 2.25 bits per heavy atom. The van der Waals surface area contributed by atoms with Crippen molar-refractivity contribution in [1.82, 2.24) is 0 Å². The summed E-state index contributed by atoms with van der Waals surface area (Å²) in [6, 6.07) is 4.94. The topological polar surface area (TPSA) is 90.4 Å². The highest BCUT2D eigenvalue weighted by Gasteiger charge is 2.09. The Kier molecular flexibility index (Phi) is 4.13. The van der Waals surface area contributed by atoms with E-state index in [1.165, 1.54) is 0 Å². The monoisotopic (exact) mass is 223 g/mol. The molecular formula is C11H17N3O2. The number of nitrogens with two attached hydrogens (primary N) is 2. The van der Waals surface area contributed by atoms with Crippen LogP contribution in [0.15, 0.2) is 18.2 Å². The zero-order valence-corrected chi connectivity index (χ0v) is 9.49. The van der Waals surface area contributed by atoms with Gasteiger partial charge in [-0.25, -0.2) is 0 Å². The molecule has 16 heavy (non-hydrogen) atoms. The number of amides is 1. The van der Waals surface area contributed by atoms with Crippen LogP contribution < -0.4 is 16.8 Å². The van der Waals surface area contributed by atoms with E-state index >= 15 is 0 Å². The van der Waals surface area contributed by atoms with Gasteiger partial charge in [-0.3, -0.25) is 4.79 Å². The van der Waals surface area contributed by atoms with Crippen molar-refractivity contribution in [3.8, 4) is 0 Å². The van der Waals surface area contributed by atoms with Gasteiger partial charge in [-0.2, -0.15) is 0 Å². The van der Waals surface area contributed by atoms with Gasteiger partial charge >= 0.3 is 0 Å². The van der Waals surface area contributed by atoms with Gasteiger partial charge in [0.05, 0.1) is 11.7 Å². The molecule has 0 aromatic heterocycles. The van der Waals surface area contributed by atoms with Crippen molar-refractivity contribution in [2.24, 2.45) is 5.73 Å². The normalized spacial score (nSPS) is 12.1. The summed E-state index contributed by atoms with van der Waals surface area (Å²) in [5.74, 6) is -0.479. The fourth-order valence-corrected chi connectivity index (χ4v) is 1.26. The molecule has 0 heterocycles. The van der Waals surface area contributed by atoms with Crippen LogP contribution in [-0.2, 0) is 4.74 Å². The maximum absolute atomic E-state index is 11.2. The van der Waals surface area contributed by atoms with Crippen LogP contribution in [0.5, 0.6) is 0 Å². The first-order chi connectivity index (χ1) is 7.54. The zero-order chi connectivity index (χ0) is 12.1. The van der Waals surface area contributed by atoms with Gasteiger partial charge in [0.25, 0.3) is 5.91 Å². The highest BCUT2D eigenvalue weighted by Crippen LogP contribution is 2.18. The number of primary amides is 1. The summed E-state index contributed by atoms with van der Waals surface area (Å²) >= 11 is 0. The number of methoxy groups -OCH3 is 1. The largest absolute Gasteiger partial charge is 0.399 e. The van der Waals surface area contributed by atoms with Gasteiger partial charge in [0.2, 0.25) is 0 Å². The minimum Gasteiger partial charge on any atom is -0.399 e. The van der Waals surface area contributed by atoms with Crippen LogP contribution in [0.25, 0.3) is 0 Å². The lowest BCUT2D eigenvalue weighted by Crippen LogP contribution is -2.21. The Bertz CT molecular complexity index is 379. The van der Waals surface area contributed by atoms with Crippen LogP contribution in [0.2, 0.25) is 0 Å². The number of rotatable bonds is 5. The molecular weight excluding hydrogens is 206 g/mol. The van der Waals surface area contributed by atoms with Crippen molar-refractivity contribution in [2.75, 3.05) is 24.7 Å². The molecule has 0 saturated heterocycles. The fourth-order valence-electron chi connectivity index (χ4n) is 1.26. The third kappa shape index (κ3) is 3.13. The lowest BCUT2D eigenvalue weighted by Gasteiger charge is -2.14. The molecule has 0 bridgehead atoms. The molecule has 0 radical (unpaired) electrons. The van der Waals surface area contributed by atoms with E-state index in [2.05, 4.69) is 5.32 Å². The molecule has 0 fully saturated rings. The predicted octanol–water partition coefficient (Wildman–Crippen LogP) is 0.814. The predicted molar refractivity (Wildman–Crippen MR) is 64.3 cm³/mol. The molecule has 0 saturated carbocycles. The smallest absolute Gasteiger partial charge is 0.250 e. The van der Waals surface area contributed by atoms with Crippen LogP contribution in [-0.4, -0.2) is 25.7 Å². The second-order valence-electron chi connectivity index (χ2n) is 3.60. The number of hydrogen-bond acceptors (Lipinski definition) is 4. The van der Waals surface area contributed by atoms with Crippen molar-refractivity contribution in [1.29, 1.82) is 0 Å². The second-order valence-corrected chi connectivity index (χ2v) is 3.60. The van der Waals surface area contributed by atoms with Crippen LogP contribution >= 0.6 is 0 Å². The quantitative estimate of drug-likeness (QED) is 0.644. The molecule has 1 aromatic rings. The summed E-state index contributed by atoms with van der Waals surface area (Å²) in [6.45, 7) is 2.50. The van der Waals surface area contributed by atoms with E-state index in [4.69, 9.17) is 16.2 Å². The number of benzene rings is 1. The van der Waals surface area contributed by atoms with Crippen LogP contribution in [0.3, 0.4) is 0 Å². The van der Waals surface area contributed by atoms with Crippen LogP contribution in [0.1, 0.15) is 17.3 Å². The summed E-state index contributed by atoms with van der Waals surface area (Å²) in [5, 5.41) is 3.08. The van der Waals surface area contributed by atoms with E-state index in [-0.39, 0.29) is 6.10 Å². The Morgan fingerprint density at radius 1 is 1.56 bits per heavy atom. The minimum atomic E-state index is -0.479. The van der Waals surface area contributed by atoms with Crippen molar-refractivity contribution in [3.63, 3.8) is 0 Å². The third-order valence-corrected chi connectivity index (χ3v) is 2.29. The van der Waals surface area contributed by atoms with Gasteiger partial charge < -0.3 is 21.5 Å². The van der Waals surface area contributed by atoms with Gasteiger partial charge in [0, 0.05) is 25.0 Å². The molecule has 0 aliphatic carbocycles. The van der Waals surface area contributed by atoms with E-state index in [0.29, 0.717) is 23.5 Å². The Balaban J connectivity index is 2.84. The molecule has 88 valence electrons. The van der Waals surface area contributed by atoms with Gasteiger partial charge in [-0.05, 0) is 25.1 Å². The minimum absolute atomic E-state index is 0.0437. The van der Waals surface area contributed by atoms with Gasteiger partial charge in [-0.15, -0.1) is 0 Å². The third-order valence-electron chi connectivity index (χ3n) is 2.29. The summed E-state index contributed by atoms with van der Waals surface area (Å²) in [7, 11) is 1.63. The standard InChI is InChI=1S/C11H17N3O2/c1-7(16-2)6-14-10-5-8(12)3-4-9(10)11(13)15/h3-5,7,14H,6,12H2,1-2H3,(H2,13,15). The summed E-state index contributed by atoms with van der Waals surface area (Å²) in [6.07, 6.45) is 0.0437. The molecule has 1 amide bonds. The maximum atomic E-state index is 11.2. The van der Waals surface area contributed by atoms with E-state index in [9.17, 15) is 4.79 Å². The van der Waals surface area contributed by atoms with Crippen LogP contribution in [0, 0.1) is 0 Å². The molecule has 1 rings (SSSR count). The Hall–Kier alpha value is -1.75. The number of carbonyl (C=O) groups is 1. The highest BCUT2D eigenvalue weighted by atomic mass is 16.5. The highest BCUT2D eigenvalue weighted by molar-refractivity contribution is 5.99. The summed E-state index contributed by atoms with van der Waals surface area (Å²) in [5.41, 5.74) is 12.5. The second kappa shape index (κ2) is 5.37. The number of carbonyl (C=O) groups excluding carboxylic acids is 1. The number of nitrogens with one attached hydrogen (secondary N) is 1. The molecule has 1 atom stereocenters. The molecule has 0 aliphatic heterocycles. The average molecular weight is 223 g/mol. The molecule has 5 N–H and O–H groups in total. The Morgan fingerprint density at radius 3 is 2.81 bits per heavy atom. The van der Waals surface area contributed by atoms with Crippen molar-refractivity contribution < 1.29 is 9.53 Å². The molecule has 5 nitrogen and oxygen atoms in total. The molecule has 1 aromatic carbocycles. The molecule has 0 spiro atoms. The maximum Gasteiger partial charge on any atom is 0.250 e. The summed E-state index contributed by atoms with van der Waals surface area (Å²) < 4.78 is 5.09. The van der Waals surface area contributed by atoms with Gasteiger partial charge in [-0.1, -0.05) is 0 Å². The van der Waals surface area contributed by atoms with Crippen molar-refractivity contribution in [2.45, 2.75) is 13.0 Å². The number of anilines is 2. The molecule has 1 unspecified atom stereocenters. The van der Waals surface area contributed by atoms with Gasteiger partial charge in [0.1, 0.15) is 0 Å². The number of ether oxygens (including phenoxy) is 1. The number of nitrogen functional groups attached to an aromatic ring is 1. The number of hydrogen-bond donors (Lipinski definition) is 3.